The van der Waals surface area contributed by atoms with Crippen LogP contribution in [0.2, 0.25) is 0 Å². The summed E-state index contributed by atoms with van der Waals surface area (Å²) in [5.74, 6) is 0.564. The van der Waals surface area contributed by atoms with Gasteiger partial charge >= 0.3 is 0 Å². The Kier molecular flexibility index (Phi) is 2.95. The first kappa shape index (κ1) is 10.7. The molecular formula is C15H17N. The molecule has 2 aromatic rings. The molecule has 0 unspecified atom stereocenters. The highest BCUT2D eigenvalue weighted by Crippen LogP contribution is 2.24. The summed E-state index contributed by atoms with van der Waals surface area (Å²) in [4.78, 5) is 0. The van der Waals surface area contributed by atoms with Crippen LogP contribution in [0.15, 0.2) is 48.5 Å². The van der Waals surface area contributed by atoms with Gasteiger partial charge in [-0.15, -0.1) is 0 Å². The number of nitrogens with two attached hydrogens (primary N) is 1. The zero-order chi connectivity index (χ0) is 11.5. The van der Waals surface area contributed by atoms with Gasteiger partial charge in [0.25, 0.3) is 0 Å². The van der Waals surface area contributed by atoms with E-state index in [4.69, 9.17) is 5.73 Å². The second kappa shape index (κ2) is 4.40. The van der Waals surface area contributed by atoms with Crippen LogP contribution in [0.3, 0.4) is 0 Å². The van der Waals surface area contributed by atoms with Gasteiger partial charge in [0.05, 0.1) is 0 Å². The molecular weight excluding hydrogens is 194 g/mol. The molecule has 0 heterocycles. The second-order valence-electron chi connectivity index (χ2n) is 4.40. The molecule has 2 aromatic carbocycles. The third-order valence-electron chi connectivity index (χ3n) is 2.80. The molecule has 0 radical (unpaired) electrons. The highest BCUT2D eigenvalue weighted by molar-refractivity contribution is 5.66. The number of benzene rings is 2. The van der Waals surface area contributed by atoms with Gasteiger partial charge in [-0.1, -0.05) is 50.2 Å². The fourth-order valence-electron chi connectivity index (χ4n) is 1.75. The molecule has 0 aliphatic rings. The number of hydrogen-bond donors (Lipinski definition) is 1. The van der Waals surface area contributed by atoms with E-state index < -0.39 is 0 Å². The average Bonchev–Trinajstić information content (AvgIpc) is 2.30. The van der Waals surface area contributed by atoms with Crippen LogP contribution in [0.1, 0.15) is 25.3 Å². The maximum atomic E-state index is 5.68. The molecule has 82 valence electrons. The van der Waals surface area contributed by atoms with Crippen molar-refractivity contribution < 1.29 is 0 Å². The second-order valence-corrected chi connectivity index (χ2v) is 4.40. The van der Waals surface area contributed by atoms with Crippen LogP contribution in [0.4, 0.5) is 5.69 Å². The minimum atomic E-state index is 0.564. The van der Waals surface area contributed by atoms with Gasteiger partial charge in [-0.25, -0.2) is 0 Å². The Labute approximate surface area is 96.9 Å². The van der Waals surface area contributed by atoms with E-state index in [9.17, 15) is 0 Å². The molecule has 0 aliphatic heterocycles. The van der Waals surface area contributed by atoms with Gasteiger partial charge in [-0.2, -0.15) is 0 Å². The van der Waals surface area contributed by atoms with Crippen molar-refractivity contribution in [2.24, 2.45) is 0 Å². The van der Waals surface area contributed by atoms with Gasteiger partial charge in [-0.05, 0) is 34.7 Å². The van der Waals surface area contributed by atoms with Gasteiger partial charge in [-0.3, -0.25) is 0 Å². The molecule has 2 N–H and O–H groups in total. The van der Waals surface area contributed by atoms with Crippen molar-refractivity contribution in [1.29, 1.82) is 0 Å². The molecule has 0 aromatic heterocycles. The van der Waals surface area contributed by atoms with E-state index in [1.807, 2.05) is 12.1 Å². The largest absolute Gasteiger partial charge is 0.399 e. The van der Waals surface area contributed by atoms with Gasteiger partial charge in [0.15, 0.2) is 0 Å². The number of hydrogen-bond acceptors (Lipinski definition) is 1. The highest BCUT2D eigenvalue weighted by atomic mass is 14.5. The minimum absolute atomic E-state index is 0.564. The third kappa shape index (κ3) is 2.25. The number of rotatable bonds is 2. The van der Waals surface area contributed by atoms with Crippen molar-refractivity contribution >= 4 is 5.69 Å². The Hall–Kier alpha value is -1.76. The zero-order valence-corrected chi connectivity index (χ0v) is 9.77. The highest BCUT2D eigenvalue weighted by Gasteiger charge is 2.01. The first-order valence-corrected chi connectivity index (χ1v) is 5.62. The summed E-state index contributed by atoms with van der Waals surface area (Å²) in [6, 6.07) is 16.7. The third-order valence-corrected chi connectivity index (χ3v) is 2.80. The summed E-state index contributed by atoms with van der Waals surface area (Å²) in [6.45, 7) is 4.42. The topological polar surface area (TPSA) is 26.0 Å². The van der Waals surface area contributed by atoms with E-state index >= 15 is 0 Å². The van der Waals surface area contributed by atoms with Crippen molar-refractivity contribution in [3.8, 4) is 11.1 Å². The SMILES string of the molecule is CC(C)c1cccc(-c2ccc(N)cc2)c1. The van der Waals surface area contributed by atoms with Crippen LogP contribution < -0.4 is 5.73 Å². The maximum absolute atomic E-state index is 5.68. The summed E-state index contributed by atoms with van der Waals surface area (Å²) >= 11 is 0. The lowest BCUT2D eigenvalue weighted by Crippen LogP contribution is -1.88. The van der Waals surface area contributed by atoms with Crippen LogP contribution in [-0.2, 0) is 0 Å². The quantitative estimate of drug-likeness (QED) is 0.745. The lowest BCUT2D eigenvalue weighted by atomic mass is 9.97. The standard InChI is InChI=1S/C15H17N/c1-11(2)13-4-3-5-14(10-13)12-6-8-15(16)9-7-12/h3-11H,16H2,1-2H3. The Morgan fingerprint density at radius 1 is 0.875 bits per heavy atom. The van der Waals surface area contributed by atoms with Gasteiger partial charge < -0.3 is 5.73 Å². The van der Waals surface area contributed by atoms with Crippen LogP contribution >= 0.6 is 0 Å². The molecule has 0 fully saturated rings. The zero-order valence-electron chi connectivity index (χ0n) is 9.77. The van der Waals surface area contributed by atoms with Crippen molar-refractivity contribution in [3.63, 3.8) is 0 Å². The molecule has 1 heteroatoms. The number of anilines is 1. The molecule has 2 rings (SSSR count). The Morgan fingerprint density at radius 2 is 1.56 bits per heavy atom. The Balaban J connectivity index is 2.40. The lowest BCUT2D eigenvalue weighted by molar-refractivity contribution is 0.867. The smallest absolute Gasteiger partial charge is 0.0314 e. The van der Waals surface area contributed by atoms with Crippen molar-refractivity contribution in [2.75, 3.05) is 5.73 Å². The van der Waals surface area contributed by atoms with E-state index in [-0.39, 0.29) is 0 Å². The summed E-state index contributed by atoms with van der Waals surface area (Å²) in [5.41, 5.74) is 10.3. The molecule has 0 saturated heterocycles. The van der Waals surface area contributed by atoms with Crippen LogP contribution in [0.5, 0.6) is 0 Å². The minimum Gasteiger partial charge on any atom is -0.399 e. The van der Waals surface area contributed by atoms with Gasteiger partial charge in [0.2, 0.25) is 0 Å². The van der Waals surface area contributed by atoms with Crippen LogP contribution in [0.25, 0.3) is 11.1 Å². The molecule has 16 heavy (non-hydrogen) atoms. The monoisotopic (exact) mass is 211 g/mol. The predicted octanol–water partition coefficient (Wildman–Crippen LogP) is 4.06. The predicted molar refractivity (Wildman–Crippen MR) is 70.4 cm³/mol. The maximum Gasteiger partial charge on any atom is 0.0314 e. The first-order valence-electron chi connectivity index (χ1n) is 5.62. The van der Waals surface area contributed by atoms with Gasteiger partial charge in [0.1, 0.15) is 0 Å². The van der Waals surface area contributed by atoms with Crippen molar-refractivity contribution in [3.05, 3.63) is 54.1 Å². The molecule has 0 aliphatic carbocycles. The lowest BCUT2D eigenvalue weighted by Gasteiger charge is -2.08. The molecule has 0 amide bonds. The fraction of sp³-hybridized carbons (Fsp3) is 0.200. The van der Waals surface area contributed by atoms with Crippen LogP contribution in [-0.4, -0.2) is 0 Å². The van der Waals surface area contributed by atoms with Crippen LogP contribution in [0, 0.1) is 0 Å². The van der Waals surface area contributed by atoms with Gasteiger partial charge in [0, 0.05) is 5.69 Å². The molecule has 0 spiro atoms. The Bertz CT molecular complexity index is 469. The first-order chi connectivity index (χ1) is 7.66. The molecule has 0 bridgehead atoms. The summed E-state index contributed by atoms with van der Waals surface area (Å²) in [7, 11) is 0. The molecule has 0 atom stereocenters. The van der Waals surface area contributed by atoms with E-state index in [0.29, 0.717) is 5.92 Å². The summed E-state index contributed by atoms with van der Waals surface area (Å²) < 4.78 is 0. The van der Waals surface area contributed by atoms with Crippen molar-refractivity contribution in [2.45, 2.75) is 19.8 Å². The van der Waals surface area contributed by atoms with E-state index in [1.165, 1.54) is 16.7 Å². The Morgan fingerprint density at radius 3 is 2.19 bits per heavy atom. The normalized spacial score (nSPS) is 10.7. The average molecular weight is 211 g/mol. The van der Waals surface area contributed by atoms with E-state index in [2.05, 4.69) is 50.2 Å². The molecule has 0 saturated carbocycles. The number of nitrogen functional groups attached to an aromatic ring is 1. The fourth-order valence-corrected chi connectivity index (χ4v) is 1.75. The summed E-state index contributed by atoms with van der Waals surface area (Å²) in [5, 5.41) is 0. The van der Waals surface area contributed by atoms with E-state index in [0.717, 1.165) is 5.69 Å². The van der Waals surface area contributed by atoms with E-state index in [1.54, 1.807) is 0 Å². The summed E-state index contributed by atoms with van der Waals surface area (Å²) in [6.07, 6.45) is 0. The molecule has 1 nitrogen and oxygen atoms in total. The van der Waals surface area contributed by atoms with Crippen molar-refractivity contribution in [1.82, 2.24) is 0 Å².